The van der Waals surface area contributed by atoms with Crippen LogP contribution in [0, 0.1) is 5.82 Å². The predicted molar refractivity (Wildman–Crippen MR) is 101 cm³/mol. The summed E-state index contributed by atoms with van der Waals surface area (Å²) in [5.41, 5.74) is 7.13. The van der Waals surface area contributed by atoms with Crippen LogP contribution in [0.15, 0.2) is 29.6 Å². The lowest BCUT2D eigenvalue weighted by Gasteiger charge is -2.28. The van der Waals surface area contributed by atoms with Crippen molar-refractivity contribution in [3.8, 4) is 0 Å². The van der Waals surface area contributed by atoms with E-state index in [-0.39, 0.29) is 30.2 Å². The highest BCUT2D eigenvalue weighted by molar-refractivity contribution is 7.09. The summed E-state index contributed by atoms with van der Waals surface area (Å²) >= 11 is 1.43. The maximum Gasteiger partial charge on any atom is 0.273 e. The molecule has 0 aliphatic heterocycles. The van der Waals surface area contributed by atoms with Crippen molar-refractivity contribution in [1.82, 2.24) is 9.88 Å². The van der Waals surface area contributed by atoms with Crippen LogP contribution in [0.2, 0.25) is 0 Å². The van der Waals surface area contributed by atoms with E-state index >= 15 is 0 Å². The Bertz CT molecular complexity index is 686. The number of carbonyl (C=O) groups is 1. The maximum absolute atomic E-state index is 13.0. The molecule has 4 nitrogen and oxygen atoms in total. The number of carbonyl (C=O) groups excluding carboxylic acids is 1. The molecule has 1 saturated carbocycles. The molecule has 1 aromatic heterocycles. The summed E-state index contributed by atoms with van der Waals surface area (Å²) in [4.78, 5) is 19.2. The van der Waals surface area contributed by atoms with Crippen molar-refractivity contribution in [2.24, 2.45) is 5.73 Å². The van der Waals surface area contributed by atoms with Crippen LogP contribution < -0.4 is 5.73 Å². The molecule has 0 unspecified atom stereocenters. The smallest absolute Gasteiger partial charge is 0.273 e. The van der Waals surface area contributed by atoms with E-state index in [1.165, 1.54) is 23.5 Å². The van der Waals surface area contributed by atoms with Gasteiger partial charge in [-0.15, -0.1) is 23.7 Å². The second-order valence-corrected chi connectivity index (χ2v) is 7.09. The molecular weight excluding hydrogens is 361 g/mol. The minimum absolute atomic E-state index is 0. The van der Waals surface area contributed by atoms with E-state index in [1.807, 2.05) is 4.90 Å². The highest BCUT2D eigenvalue weighted by atomic mass is 35.5. The summed E-state index contributed by atoms with van der Waals surface area (Å²) in [5, 5.41) is 2.58. The van der Waals surface area contributed by atoms with Gasteiger partial charge in [0.25, 0.3) is 5.91 Å². The summed E-state index contributed by atoms with van der Waals surface area (Å²) < 4.78 is 13.0. The molecular formula is C18H23ClFN3OS. The normalized spacial score (nSPS) is 14.3. The van der Waals surface area contributed by atoms with Crippen molar-refractivity contribution in [2.45, 2.75) is 44.7 Å². The maximum atomic E-state index is 13.0. The number of thiazole rings is 1. The van der Waals surface area contributed by atoms with Crippen LogP contribution in [0.1, 0.15) is 46.7 Å². The first kappa shape index (κ1) is 19.8. The average molecular weight is 384 g/mol. The largest absolute Gasteiger partial charge is 0.334 e. The van der Waals surface area contributed by atoms with Gasteiger partial charge in [0.1, 0.15) is 16.5 Å². The molecule has 0 atom stereocenters. The minimum atomic E-state index is -0.237. The van der Waals surface area contributed by atoms with E-state index in [9.17, 15) is 9.18 Å². The van der Waals surface area contributed by atoms with Gasteiger partial charge in [-0.05, 0) is 37.0 Å². The third-order valence-corrected chi connectivity index (χ3v) is 5.40. The second kappa shape index (κ2) is 9.27. The molecule has 25 heavy (non-hydrogen) atoms. The molecule has 0 radical (unpaired) electrons. The van der Waals surface area contributed by atoms with E-state index < -0.39 is 0 Å². The molecule has 1 fully saturated rings. The number of benzene rings is 1. The first-order valence-corrected chi connectivity index (χ1v) is 9.25. The number of nitrogens with two attached hydrogens (primary N) is 1. The van der Waals surface area contributed by atoms with Crippen molar-refractivity contribution in [3.63, 3.8) is 0 Å². The fraction of sp³-hybridized carbons (Fsp3) is 0.444. The van der Waals surface area contributed by atoms with Gasteiger partial charge in [-0.3, -0.25) is 4.79 Å². The van der Waals surface area contributed by atoms with Crippen LogP contribution in [-0.2, 0) is 13.0 Å². The highest BCUT2D eigenvalue weighted by Crippen LogP contribution is 2.25. The monoisotopic (exact) mass is 383 g/mol. The number of nitrogens with zero attached hydrogens (tertiary/aromatic N) is 2. The fourth-order valence-corrected chi connectivity index (χ4v) is 3.86. The van der Waals surface area contributed by atoms with Gasteiger partial charge in [0.05, 0.1) is 0 Å². The molecule has 1 aliphatic rings. The van der Waals surface area contributed by atoms with Crippen LogP contribution in [-0.4, -0.2) is 28.4 Å². The van der Waals surface area contributed by atoms with Crippen molar-refractivity contribution in [1.29, 1.82) is 0 Å². The average Bonchev–Trinajstić information content (AvgIpc) is 3.28. The second-order valence-electron chi connectivity index (χ2n) is 6.14. The lowest BCUT2D eigenvalue weighted by Crippen LogP contribution is -2.40. The number of hydrogen-bond donors (Lipinski definition) is 1. The van der Waals surface area contributed by atoms with Crippen LogP contribution >= 0.6 is 23.7 Å². The van der Waals surface area contributed by atoms with Gasteiger partial charge in [-0.2, -0.15) is 0 Å². The Morgan fingerprint density at radius 1 is 1.28 bits per heavy atom. The van der Waals surface area contributed by atoms with Gasteiger partial charge in [-0.25, -0.2) is 9.37 Å². The third kappa shape index (κ3) is 5.00. The van der Waals surface area contributed by atoms with E-state index in [1.54, 1.807) is 17.5 Å². The zero-order valence-electron chi connectivity index (χ0n) is 14.0. The van der Waals surface area contributed by atoms with Crippen molar-refractivity contribution < 1.29 is 9.18 Å². The van der Waals surface area contributed by atoms with Gasteiger partial charge in [0, 0.05) is 24.5 Å². The third-order valence-electron chi connectivity index (χ3n) is 4.53. The number of rotatable bonds is 6. The van der Waals surface area contributed by atoms with Gasteiger partial charge >= 0.3 is 0 Å². The van der Waals surface area contributed by atoms with Crippen LogP contribution in [0.25, 0.3) is 0 Å². The topological polar surface area (TPSA) is 59.2 Å². The number of hydrogen-bond acceptors (Lipinski definition) is 4. The molecule has 0 bridgehead atoms. The van der Waals surface area contributed by atoms with E-state index in [0.717, 1.165) is 42.7 Å². The molecule has 0 saturated heterocycles. The SMILES string of the molecule is Cl.NCc1nc(C(=O)N(CCc2ccc(F)cc2)C2CCCC2)cs1. The van der Waals surface area contributed by atoms with Crippen molar-refractivity contribution >= 4 is 29.7 Å². The summed E-state index contributed by atoms with van der Waals surface area (Å²) in [7, 11) is 0. The molecule has 1 heterocycles. The van der Waals surface area contributed by atoms with Crippen LogP contribution in [0.4, 0.5) is 4.39 Å². The Morgan fingerprint density at radius 2 is 1.96 bits per heavy atom. The Labute approximate surface area is 157 Å². The number of halogens is 2. The van der Waals surface area contributed by atoms with Crippen LogP contribution in [0.3, 0.4) is 0 Å². The first-order chi connectivity index (χ1) is 11.7. The zero-order chi connectivity index (χ0) is 16.9. The lowest BCUT2D eigenvalue weighted by molar-refractivity contribution is 0.0678. The molecule has 0 spiro atoms. The van der Waals surface area contributed by atoms with Crippen molar-refractivity contribution in [3.05, 3.63) is 51.7 Å². The summed E-state index contributed by atoms with van der Waals surface area (Å²) in [6.07, 6.45) is 5.13. The minimum Gasteiger partial charge on any atom is -0.334 e. The molecule has 1 aromatic carbocycles. The zero-order valence-corrected chi connectivity index (χ0v) is 15.6. The Morgan fingerprint density at radius 3 is 2.56 bits per heavy atom. The van der Waals surface area contributed by atoms with Gasteiger partial charge in [-0.1, -0.05) is 25.0 Å². The quantitative estimate of drug-likeness (QED) is 0.825. The summed E-state index contributed by atoms with van der Waals surface area (Å²) in [6.45, 7) is 0.988. The molecule has 2 N–H and O–H groups in total. The van der Waals surface area contributed by atoms with E-state index in [2.05, 4.69) is 4.98 Å². The fourth-order valence-electron chi connectivity index (χ4n) is 3.22. The Kier molecular flexibility index (Phi) is 7.35. The summed E-state index contributed by atoms with van der Waals surface area (Å²) in [5.74, 6) is -0.251. The molecule has 1 aliphatic carbocycles. The molecule has 136 valence electrons. The van der Waals surface area contributed by atoms with Crippen LogP contribution in [0.5, 0.6) is 0 Å². The first-order valence-electron chi connectivity index (χ1n) is 8.37. The van der Waals surface area contributed by atoms with Crippen molar-refractivity contribution in [2.75, 3.05) is 6.54 Å². The summed E-state index contributed by atoms with van der Waals surface area (Å²) in [6, 6.07) is 6.76. The molecule has 7 heteroatoms. The van der Waals surface area contributed by atoms with E-state index in [4.69, 9.17) is 5.73 Å². The van der Waals surface area contributed by atoms with Gasteiger partial charge < -0.3 is 10.6 Å². The standard InChI is InChI=1S/C18H22FN3OS.ClH/c19-14-7-5-13(6-8-14)9-10-22(15-3-1-2-4-15)18(23)16-12-24-17(11-20)21-16;/h5-8,12,15H,1-4,9-11,20H2;1H. The number of aromatic nitrogens is 1. The molecule has 3 rings (SSSR count). The number of amides is 1. The Balaban J connectivity index is 0.00000225. The van der Waals surface area contributed by atoms with E-state index in [0.29, 0.717) is 18.8 Å². The Hall–Kier alpha value is -1.50. The molecule has 2 aromatic rings. The predicted octanol–water partition coefficient (Wildman–Crippen LogP) is 3.79. The van der Waals surface area contributed by atoms with Gasteiger partial charge in [0.15, 0.2) is 0 Å². The van der Waals surface area contributed by atoms with Gasteiger partial charge in [0.2, 0.25) is 0 Å². The lowest BCUT2D eigenvalue weighted by atomic mass is 10.1. The highest BCUT2D eigenvalue weighted by Gasteiger charge is 2.28. The molecule has 1 amide bonds.